The van der Waals surface area contributed by atoms with Crippen LogP contribution in [0.25, 0.3) is 0 Å². The number of hydrogen-bond acceptors (Lipinski definition) is 10. The largest absolute Gasteiger partial charge is 1.00 e. The first-order valence-corrected chi connectivity index (χ1v) is 10.1. The minimum absolute atomic E-state index is 0. The van der Waals surface area contributed by atoms with Gasteiger partial charge < -0.3 is 29.0 Å². The van der Waals surface area contributed by atoms with Gasteiger partial charge in [-0.15, -0.1) is 23.1 Å². The zero-order valence-corrected chi connectivity index (χ0v) is 22.7. The molecule has 2 atom stereocenters. The van der Waals surface area contributed by atoms with Crippen molar-refractivity contribution < 1.29 is 96.2 Å². The Morgan fingerprint density at radius 1 is 1.44 bits per heavy atom. The maximum atomic E-state index is 12.7. The smallest absolute Gasteiger partial charge is 1.00 e. The number of carboxylic acids is 2. The van der Waals surface area contributed by atoms with E-state index in [1.165, 1.54) is 23.2 Å². The van der Waals surface area contributed by atoms with E-state index in [0.717, 1.165) is 16.2 Å². The number of thioether (sulfide) groups is 1. The fraction of sp³-hybridized carbons (Fsp3) is 0.250. The summed E-state index contributed by atoms with van der Waals surface area (Å²) in [6.45, 7) is 2.77. The van der Waals surface area contributed by atoms with Gasteiger partial charge in [-0.2, -0.15) is 0 Å². The van der Waals surface area contributed by atoms with Crippen LogP contribution in [0.4, 0.5) is 5.13 Å². The molecule has 0 aliphatic carbocycles. The van der Waals surface area contributed by atoms with Crippen molar-refractivity contribution in [3.05, 3.63) is 35.0 Å². The van der Waals surface area contributed by atoms with Gasteiger partial charge in [-0.1, -0.05) is 17.8 Å². The molecule has 16 heteroatoms. The molecule has 2 aliphatic heterocycles. The van der Waals surface area contributed by atoms with Crippen LogP contribution in [0.5, 0.6) is 0 Å². The van der Waals surface area contributed by atoms with Gasteiger partial charge in [-0.25, -0.2) is 14.6 Å². The van der Waals surface area contributed by atoms with Crippen LogP contribution < -0.4 is 70.2 Å². The van der Waals surface area contributed by atoms with Gasteiger partial charge in [0.05, 0.1) is 0 Å². The molecular weight excluding hydrogens is 484 g/mol. The van der Waals surface area contributed by atoms with E-state index in [-0.39, 0.29) is 84.2 Å². The third kappa shape index (κ3) is 5.94. The molecule has 162 valence electrons. The van der Waals surface area contributed by atoms with Crippen molar-refractivity contribution >= 4 is 57.7 Å². The average molecular weight is 501 g/mol. The molecule has 0 spiro atoms. The maximum absolute atomic E-state index is 12.7. The van der Waals surface area contributed by atoms with E-state index in [0.29, 0.717) is 11.3 Å². The minimum Gasteiger partial charge on any atom is -1.00 e. The quantitative estimate of drug-likeness (QED) is 0.116. The molecule has 1 aromatic heterocycles. The predicted octanol–water partition coefficient (Wildman–Crippen LogP) is -6.31. The Morgan fingerprint density at radius 3 is 2.66 bits per heavy atom. The van der Waals surface area contributed by atoms with Gasteiger partial charge in [0.2, 0.25) is 6.61 Å². The number of amides is 2. The number of anilines is 1. The van der Waals surface area contributed by atoms with Gasteiger partial charge in [0.1, 0.15) is 22.8 Å². The van der Waals surface area contributed by atoms with Crippen LogP contribution in [0.2, 0.25) is 0 Å². The number of thiazole rings is 1. The Hall–Kier alpha value is -1.39. The molecule has 2 aliphatic rings. The Kier molecular flexibility index (Phi) is 10.9. The monoisotopic (exact) mass is 501 g/mol. The maximum Gasteiger partial charge on any atom is 1.00 e. The van der Waals surface area contributed by atoms with Gasteiger partial charge in [0.15, 0.2) is 10.8 Å². The summed E-state index contributed by atoms with van der Waals surface area (Å²) in [5.74, 6) is -3.72. The van der Waals surface area contributed by atoms with E-state index in [1.54, 1.807) is 0 Å². The van der Waals surface area contributed by atoms with Crippen molar-refractivity contribution in [3.63, 3.8) is 0 Å². The van der Waals surface area contributed by atoms with Gasteiger partial charge in [0.25, 0.3) is 11.8 Å². The molecule has 0 aromatic carbocycles. The number of carbonyl (C=O) groups excluding carboxylic acids is 2. The van der Waals surface area contributed by atoms with Gasteiger partial charge in [-0.3, -0.25) is 14.5 Å². The molecule has 5 N–H and O–H groups in total. The number of nitrogen functional groups attached to an aromatic ring is 1. The first-order valence-electron chi connectivity index (χ1n) is 8.22. The molecule has 1 saturated heterocycles. The van der Waals surface area contributed by atoms with Crippen molar-refractivity contribution in [1.82, 2.24) is 15.2 Å². The SMILES string of the molecule is C=CC1=C(C(=O)O)N2C(=O)[C@@H](NC(=O)/C(=N\OCC(=O)O)c3csc(N)n3)[C@H]2SC1.[H-].[H-].[Na+].[Na+]. The molecule has 0 radical (unpaired) electrons. The Bertz CT molecular complexity index is 1020. The summed E-state index contributed by atoms with van der Waals surface area (Å²) in [5.41, 5.74) is 5.48. The Morgan fingerprint density at radius 2 is 2.12 bits per heavy atom. The first kappa shape index (κ1) is 28.6. The van der Waals surface area contributed by atoms with E-state index >= 15 is 0 Å². The second kappa shape index (κ2) is 12.2. The molecule has 0 saturated carbocycles. The van der Waals surface area contributed by atoms with Crippen molar-refractivity contribution in [2.75, 3.05) is 18.1 Å². The number of β-lactam (4-membered cyclic amide) rings is 1. The van der Waals surface area contributed by atoms with Crippen LogP contribution in [0.15, 0.2) is 34.5 Å². The molecule has 3 rings (SSSR count). The summed E-state index contributed by atoms with van der Waals surface area (Å²) >= 11 is 2.30. The molecule has 0 bridgehead atoms. The van der Waals surface area contributed by atoms with Crippen molar-refractivity contribution in [2.24, 2.45) is 5.16 Å². The normalized spacial score (nSPS) is 19.6. The van der Waals surface area contributed by atoms with Gasteiger partial charge in [0, 0.05) is 11.1 Å². The number of hydrogen-bond donors (Lipinski definition) is 4. The number of rotatable bonds is 8. The molecule has 3 heterocycles. The van der Waals surface area contributed by atoms with Crippen LogP contribution >= 0.6 is 23.1 Å². The van der Waals surface area contributed by atoms with E-state index in [2.05, 4.69) is 26.9 Å². The molecular formula is C16H17N5Na2O7S2. The topological polar surface area (TPSA) is 185 Å². The number of nitrogens with one attached hydrogen (secondary N) is 1. The number of nitrogens with zero attached hydrogens (tertiary/aromatic N) is 3. The Labute approximate surface area is 236 Å². The molecule has 12 nitrogen and oxygen atoms in total. The van der Waals surface area contributed by atoms with Crippen LogP contribution in [-0.2, 0) is 24.0 Å². The van der Waals surface area contributed by atoms with Crippen molar-refractivity contribution in [2.45, 2.75) is 11.4 Å². The summed E-state index contributed by atoms with van der Waals surface area (Å²) in [4.78, 5) is 57.1. The number of oxime groups is 1. The first-order chi connectivity index (χ1) is 14.2. The van der Waals surface area contributed by atoms with E-state index in [1.807, 2.05) is 0 Å². The average Bonchev–Trinajstić information content (AvgIpc) is 3.13. The van der Waals surface area contributed by atoms with Crippen LogP contribution in [-0.4, -0.2) is 73.3 Å². The van der Waals surface area contributed by atoms with Gasteiger partial charge in [-0.05, 0) is 5.57 Å². The van der Waals surface area contributed by atoms with Gasteiger partial charge >= 0.3 is 71.1 Å². The molecule has 0 unspecified atom stereocenters. The van der Waals surface area contributed by atoms with Crippen LogP contribution in [0.1, 0.15) is 8.55 Å². The third-order valence-electron chi connectivity index (χ3n) is 4.06. The number of allylic oxidation sites excluding steroid dienone is 1. The minimum atomic E-state index is -1.30. The predicted molar refractivity (Wildman–Crippen MR) is 109 cm³/mol. The number of aromatic nitrogens is 1. The standard InChI is InChI=1S/C16H15N5O7S2.2Na.2H/c1-2-6-4-29-14-10(13(25)21(14)11(6)15(26)27)19-12(24)9(20-28-3-8(22)23)7-5-30-16(17)18-7;;;;/h2,5,10,14H,1,3-4H2,(H2,17,18)(H,19,24)(H,22,23)(H,26,27);;;;/q;2*+1;2*-1/b20-9-;;;;/t10-,14-;;;;/m1..../s1. The second-order valence-electron chi connectivity index (χ2n) is 5.92. The fourth-order valence-electron chi connectivity index (χ4n) is 2.76. The Balaban J connectivity index is 0. The summed E-state index contributed by atoms with van der Waals surface area (Å²) in [5, 5.41) is 25.0. The van der Waals surface area contributed by atoms with E-state index in [9.17, 15) is 24.3 Å². The summed E-state index contributed by atoms with van der Waals surface area (Å²) in [6.07, 6.45) is 1.38. The van der Waals surface area contributed by atoms with Crippen LogP contribution in [0.3, 0.4) is 0 Å². The number of nitrogens with two attached hydrogens (primary N) is 1. The zero-order valence-electron chi connectivity index (χ0n) is 19.1. The number of aliphatic carboxylic acids is 2. The van der Waals surface area contributed by atoms with E-state index in [4.69, 9.17) is 10.8 Å². The number of carbonyl (C=O) groups is 4. The third-order valence-corrected chi connectivity index (χ3v) is 6.03. The van der Waals surface area contributed by atoms with Crippen molar-refractivity contribution in [1.29, 1.82) is 0 Å². The summed E-state index contributed by atoms with van der Waals surface area (Å²) in [6, 6.07) is -1.01. The zero-order chi connectivity index (χ0) is 22.0. The number of fused-ring (bicyclic) bond motifs is 1. The van der Waals surface area contributed by atoms with Crippen LogP contribution in [0, 0.1) is 0 Å². The summed E-state index contributed by atoms with van der Waals surface area (Å²) in [7, 11) is 0. The fourth-order valence-corrected chi connectivity index (χ4v) is 4.65. The molecule has 1 aromatic rings. The molecule has 32 heavy (non-hydrogen) atoms. The van der Waals surface area contributed by atoms with E-state index < -0.39 is 41.8 Å². The molecule has 2 amide bonds. The summed E-state index contributed by atoms with van der Waals surface area (Å²) < 4.78 is 0. The number of carboxylic acid groups (broad SMARTS) is 2. The second-order valence-corrected chi connectivity index (χ2v) is 7.92. The van der Waals surface area contributed by atoms with Crippen molar-refractivity contribution in [3.8, 4) is 0 Å². The molecule has 1 fully saturated rings.